The van der Waals surface area contributed by atoms with Crippen LogP contribution in [0, 0.1) is 0 Å². The second kappa shape index (κ2) is 7.50. The summed E-state index contributed by atoms with van der Waals surface area (Å²) < 4.78 is 5.57. The number of hydrogen-bond donors (Lipinski definition) is 6. The Labute approximate surface area is 183 Å². The number of rotatable bonds is 5. The molecule has 6 N–H and O–H groups in total. The topological polar surface area (TPSA) is 203 Å². The van der Waals surface area contributed by atoms with Crippen LogP contribution in [0.5, 0.6) is 17.2 Å². The first-order valence-electron chi connectivity index (χ1n) is 9.28. The SMILES string of the molecule is O=C(O)CC(=Cc1oc2cc3c(c(O)c2c1CO)C(=O)C(=O)c1cc(O)c(O)cc1-3)C(=O)O. The van der Waals surface area contributed by atoms with Crippen molar-refractivity contribution in [3.63, 3.8) is 0 Å². The monoisotopic (exact) mass is 454 g/mol. The van der Waals surface area contributed by atoms with Crippen LogP contribution in [0.1, 0.15) is 38.5 Å². The van der Waals surface area contributed by atoms with Crippen molar-refractivity contribution in [2.24, 2.45) is 0 Å². The lowest BCUT2D eigenvalue weighted by Gasteiger charge is -2.19. The van der Waals surface area contributed by atoms with Gasteiger partial charge in [-0.1, -0.05) is 0 Å². The maximum Gasteiger partial charge on any atom is 0.332 e. The fraction of sp³-hybridized carbons (Fsp3) is 0.0909. The molecule has 0 fully saturated rings. The summed E-state index contributed by atoms with van der Waals surface area (Å²) in [6.45, 7) is -0.779. The Hall–Kier alpha value is -4.64. The number of benzene rings is 2. The fourth-order valence-electron chi connectivity index (χ4n) is 3.77. The van der Waals surface area contributed by atoms with Gasteiger partial charge in [0.15, 0.2) is 11.5 Å². The van der Waals surface area contributed by atoms with E-state index in [-0.39, 0.29) is 39.0 Å². The van der Waals surface area contributed by atoms with Crippen molar-refractivity contribution in [3.05, 3.63) is 46.2 Å². The third kappa shape index (κ3) is 3.27. The van der Waals surface area contributed by atoms with Gasteiger partial charge in [0.25, 0.3) is 0 Å². The van der Waals surface area contributed by atoms with Crippen molar-refractivity contribution in [1.82, 2.24) is 0 Å². The smallest absolute Gasteiger partial charge is 0.332 e. The van der Waals surface area contributed by atoms with Crippen molar-refractivity contribution in [3.8, 4) is 28.4 Å². The summed E-state index contributed by atoms with van der Waals surface area (Å²) in [5, 5.41) is 58.3. The summed E-state index contributed by atoms with van der Waals surface area (Å²) in [7, 11) is 0. The summed E-state index contributed by atoms with van der Waals surface area (Å²) >= 11 is 0. The van der Waals surface area contributed by atoms with Gasteiger partial charge in [-0.3, -0.25) is 14.4 Å². The molecule has 1 aliphatic rings. The number of phenolic OH excluding ortho intramolecular Hbond substituents is 3. The molecular formula is C22H14O11. The molecule has 0 radical (unpaired) electrons. The molecule has 11 heteroatoms. The third-order valence-corrected chi connectivity index (χ3v) is 5.25. The number of carboxylic acid groups (broad SMARTS) is 2. The molecule has 0 spiro atoms. The Balaban J connectivity index is 2.05. The van der Waals surface area contributed by atoms with E-state index < -0.39 is 64.9 Å². The van der Waals surface area contributed by atoms with Crippen LogP contribution in [0.4, 0.5) is 0 Å². The van der Waals surface area contributed by atoms with Crippen LogP contribution in [0.2, 0.25) is 0 Å². The van der Waals surface area contributed by atoms with Gasteiger partial charge in [-0.15, -0.1) is 0 Å². The van der Waals surface area contributed by atoms with Crippen LogP contribution >= 0.6 is 0 Å². The number of carbonyl (C=O) groups is 4. The Morgan fingerprint density at radius 3 is 2.12 bits per heavy atom. The lowest BCUT2D eigenvalue weighted by atomic mass is 9.82. The number of aliphatic hydroxyl groups is 1. The predicted octanol–water partition coefficient (Wildman–Crippen LogP) is 2.03. The third-order valence-electron chi connectivity index (χ3n) is 5.25. The number of aromatic hydroxyl groups is 3. The number of carbonyl (C=O) groups excluding carboxylic acids is 2. The van der Waals surface area contributed by atoms with Gasteiger partial charge in [-0.25, -0.2) is 4.79 Å². The largest absolute Gasteiger partial charge is 0.506 e. The van der Waals surface area contributed by atoms with E-state index in [4.69, 9.17) is 9.52 Å². The number of aliphatic hydroxyl groups excluding tert-OH is 1. The zero-order valence-electron chi connectivity index (χ0n) is 16.4. The second-order valence-corrected chi connectivity index (χ2v) is 7.21. The van der Waals surface area contributed by atoms with Crippen LogP contribution in [0.25, 0.3) is 28.2 Å². The number of furan rings is 1. The van der Waals surface area contributed by atoms with E-state index in [1.54, 1.807) is 0 Å². The van der Waals surface area contributed by atoms with Gasteiger partial charge in [0.1, 0.15) is 17.1 Å². The van der Waals surface area contributed by atoms with Crippen molar-refractivity contribution in [1.29, 1.82) is 0 Å². The zero-order valence-corrected chi connectivity index (χ0v) is 16.4. The average molecular weight is 454 g/mol. The highest BCUT2D eigenvalue weighted by Crippen LogP contribution is 2.47. The first kappa shape index (κ1) is 21.6. The molecule has 11 nitrogen and oxygen atoms in total. The van der Waals surface area contributed by atoms with Crippen LogP contribution in [0.3, 0.4) is 0 Å². The summed E-state index contributed by atoms with van der Waals surface area (Å²) in [6, 6.07) is 3.19. The Morgan fingerprint density at radius 2 is 1.55 bits per heavy atom. The predicted molar refractivity (Wildman–Crippen MR) is 109 cm³/mol. The normalized spacial score (nSPS) is 13.2. The zero-order chi connectivity index (χ0) is 24.2. The second-order valence-electron chi connectivity index (χ2n) is 7.21. The molecule has 1 aliphatic carbocycles. The van der Waals surface area contributed by atoms with Crippen molar-refractivity contribution >= 4 is 40.6 Å². The molecular weight excluding hydrogens is 440 g/mol. The molecule has 0 aliphatic heterocycles. The number of hydrogen-bond acceptors (Lipinski definition) is 9. The van der Waals surface area contributed by atoms with E-state index >= 15 is 0 Å². The lowest BCUT2D eigenvalue weighted by molar-refractivity contribution is -0.139. The maximum absolute atomic E-state index is 12.7. The van der Waals surface area contributed by atoms with Crippen molar-refractivity contribution < 1.29 is 54.2 Å². The quantitative estimate of drug-likeness (QED) is 0.187. The van der Waals surface area contributed by atoms with E-state index in [1.807, 2.05) is 0 Å². The summed E-state index contributed by atoms with van der Waals surface area (Å²) in [5.41, 5.74) is -1.44. The molecule has 0 amide bonds. The van der Waals surface area contributed by atoms with Gasteiger partial charge >= 0.3 is 11.9 Å². The molecule has 0 bridgehead atoms. The molecule has 1 heterocycles. The van der Waals surface area contributed by atoms with Gasteiger partial charge in [-0.2, -0.15) is 0 Å². The number of fused-ring (bicyclic) bond motifs is 4. The number of ketones is 2. The highest BCUT2D eigenvalue weighted by atomic mass is 16.4. The van der Waals surface area contributed by atoms with E-state index in [9.17, 15) is 44.7 Å². The number of Topliss-reactive ketones (excluding diaryl/α,β-unsaturated/α-hetero) is 2. The minimum Gasteiger partial charge on any atom is -0.506 e. The maximum atomic E-state index is 12.7. The first-order valence-corrected chi connectivity index (χ1v) is 9.28. The molecule has 4 rings (SSSR count). The Morgan fingerprint density at radius 1 is 0.909 bits per heavy atom. The van der Waals surface area contributed by atoms with E-state index in [0.29, 0.717) is 0 Å². The highest BCUT2D eigenvalue weighted by molar-refractivity contribution is 6.54. The number of aliphatic carboxylic acids is 2. The molecule has 1 aromatic heterocycles. The van der Waals surface area contributed by atoms with Gasteiger partial charge in [0.2, 0.25) is 11.6 Å². The summed E-state index contributed by atoms with van der Waals surface area (Å²) in [5.74, 6) is -7.33. The number of carboxylic acids is 2. The fourth-order valence-corrected chi connectivity index (χ4v) is 3.77. The van der Waals surface area contributed by atoms with E-state index in [0.717, 1.165) is 18.2 Å². The highest BCUT2D eigenvalue weighted by Gasteiger charge is 2.36. The van der Waals surface area contributed by atoms with Crippen LogP contribution in [0.15, 0.2) is 28.2 Å². The minimum absolute atomic E-state index is 0.00679. The molecule has 168 valence electrons. The minimum atomic E-state index is -1.55. The van der Waals surface area contributed by atoms with E-state index in [1.165, 1.54) is 6.07 Å². The summed E-state index contributed by atoms with van der Waals surface area (Å²) in [4.78, 5) is 47.6. The van der Waals surface area contributed by atoms with Gasteiger partial charge in [0.05, 0.1) is 29.6 Å². The van der Waals surface area contributed by atoms with Gasteiger partial charge in [0, 0.05) is 16.7 Å². The average Bonchev–Trinajstić information content (AvgIpc) is 3.09. The Bertz CT molecular complexity index is 1440. The van der Waals surface area contributed by atoms with Crippen molar-refractivity contribution in [2.75, 3.05) is 0 Å². The van der Waals surface area contributed by atoms with E-state index in [2.05, 4.69) is 0 Å². The lowest BCUT2D eigenvalue weighted by Crippen LogP contribution is -2.21. The molecule has 33 heavy (non-hydrogen) atoms. The molecule has 3 aromatic rings. The number of phenols is 3. The molecule has 0 saturated heterocycles. The molecule has 0 unspecified atom stereocenters. The molecule has 2 aromatic carbocycles. The van der Waals surface area contributed by atoms with Gasteiger partial charge < -0.3 is 35.1 Å². The summed E-state index contributed by atoms with van der Waals surface area (Å²) in [6.07, 6.45) is 0.0219. The first-order chi connectivity index (χ1) is 15.5. The van der Waals surface area contributed by atoms with Gasteiger partial charge in [-0.05, 0) is 29.8 Å². The molecule has 0 saturated carbocycles. The van der Waals surface area contributed by atoms with Crippen LogP contribution < -0.4 is 0 Å². The standard InChI is InChI=1S/C22H14O11/c23-6-11-14(1-7(22(31)32)2-16(26)27)33-15-5-9-8-3-12(24)13(25)4-10(8)19(28)21(30)18(9)20(29)17(11)15/h1,3-5,23-25,29H,2,6H2,(H,26,27)(H,31,32). The Kier molecular flexibility index (Phi) is 4.90. The van der Waals surface area contributed by atoms with Crippen LogP contribution in [-0.2, 0) is 16.2 Å². The van der Waals surface area contributed by atoms with Crippen LogP contribution in [-0.4, -0.2) is 54.1 Å². The molecule has 0 atom stereocenters. The van der Waals surface area contributed by atoms with Crippen molar-refractivity contribution in [2.45, 2.75) is 13.0 Å².